The van der Waals surface area contributed by atoms with Crippen molar-refractivity contribution in [1.82, 2.24) is 0 Å². The Balaban J connectivity index is 2.11. The lowest BCUT2D eigenvalue weighted by Gasteiger charge is -2.04. The van der Waals surface area contributed by atoms with E-state index in [9.17, 15) is 20.0 Å². The summed E-state index contributed by atoms with van der Waals surface area (Å²) in [5.74, 6) is -0.309. The Hall–Kier alpha value is -3.09. The zero-order chi connectivity index (χ0) is 14.5. The number of anilines is 1. The summed E-state index contributed by atoms with van der Waals surface area (Å²) in [7, 11) is 0. The number of hydrogen-bond donors (Lipinski definition) is 2. The number of carbonyl (C=O) groups excluding carboxylic acids is 1. The minimum Gasteiger partial charge on any atom is -0.506 e. The minimum atomic E-state index is -0.617. The molecule has 2 aromatic rings. The summed E-state index contributed by atoms with van der Waals surface area (Å²) in [5.41, 5.74) is -0.263. The molecule has 1 heterocycles. The van der Waals surface area contributed by atoms with Crippen LogP contribution in [0.15, 0.2) is 47.1 Å². The van der Waals surface area contributed by atoms with E-state index < -0.39 is 10.8 Å². The summed E-state index contributed by atoms with van der Waals surface area (Å²) in [6.07, 6.45) is 4.09. The number of phenols is 1. The SMILES string of the molecule is O=C(/C=C/c1ccco1)Nc1cc([N+](=O)[O-])ccc1O. The van der Waals surface area contributed by atoms with E-state index in [1.807, 2.05) is 0 Å². The second-order valence-electron chi connectivity index (χ2n) is 3.80. The van der Waals surface area contributed by atoms with Gasteiger partial charge in [-0.15, -0.1) is 0 Å². The number of nitro groups is 1. The van der Waals surface area contributed by atoms with Crippen LogP contribution in [0.2, 0.25) is 0 Å². The van der Waals surface area contributed by atoms with Crippen LogP contribution < -0.4 is 5.32 Å². The molecule has 0 aliphatic rings. The molecule has 2 rings (SSSR count). The highest BCUT2D eigenvalue weighted by Gasteiger charge is 2.11. The minimum absolute atomic E-state index is 0.0340. The Labute approximate surface area is 113 Å². The van der Waals surface area contributed by atoms with Gasteiger partial charge in [0.15, 0.2) is 0 Å². The highest BCUT2D eigenvalue weighted by Crippen LogP contribution is 2.27. The van der Waals surface area contributed by atoms with Gasteiger partial charge in [-0.25, -0.2) is 0 Å². The van der Waals surface area contributed by atoms with Crippen molar-refractivity contribution in [2.24, 2.45) is 0 Å². The fourth-order valence-electron chi connectivity index (χ4n) is 1.46. The standard InChI is InChI=1S/C13H10N2O5/c16-12-5-3-9(15(18)19)8-11(12)14-13(17)6-4-10-2-1-7-20-10/h1-8,16H,(H,14,17)/b6-4+. The van der Waals surface area contributed by atoms with E-state index in [0.29, 0.717) is 5.76 Å². The van der Waals surface area contributed by atoms with Gasteiger partial charge in [0.25, 0.3) is 5.69 Å². The zero-order valence-corrected chi connectivity index (χ0v) is 10.1. The number of rotatable bonds is 4. The molecule has 0 saturated heterocycles. The molecular weight excluding hydrogens is 264 g/mol. The second-order valence-corrected chi connectivity index (χ2v) is 3.80. The molecule has 0 spiro atoms. The Bertz CT molecular complexity index is 661. The molecule has 20 heavy (non-hydrogen) atoms. The first-order valence-corrected chi connectivity index (χ1v) is 5.56. The third-order valence-electron chi connectivity index (χ3n) is 2.39. The molecule has 1 aromatic carbocycles. The molecule has 0 aliphatic carbocycles. The van der Waals surface area contributed by atoms with Gasteiger partial charge in [0, 0.05) is 18.2 Å². The second kappa shape index (κ2) is 5.70. The van der Waals surface area contributed by atoms with Crippen LogP contribution in [0, 0.1) is 10.1 Å². The molecule has 0 fully saturated rings. The van der Waals surface area contributed by atoms with Crippen LogP contribution >= 0.6 is 0 Å². The first-order valence-electron chi connectivity index (χ1n) is 5.56. The van der Waals surface area contributed by atoms with Crippen molar-refractivity contribution in [3.63, 3.8) is 0 Å². The lowest BCUT2D eigenvalue weighted by atomic mass is 10.2. The van der Waals surface area contributed by atoms with Gasteiger partial charge in [0.05, 0.1) is 16.9 Å². The predicted molar refractivity (Wildman–Crippen MR) is 71.1 cm³/mol. The monoisotopic (exact) mass is 274 g/mol. The maximum absolute atomic E-state index is 11.6. The number of aromatic hydroxyl groups is 1. The fourth-order valence-corrected chi connectivity index (χ4v) is 1.46. The average molecular weight is 274 g/mol. The largest absolute Gasteiger partial charge is 0.506 e. The van der Waals surface area contributed by atoms with E-state index in [2.05, 4.69) is 5.32 Å². The van der Waals surface area contributed by atoms with Crippen LogP contribution in [0.1, 0.15) is 5.76 Å². The normalized spacial score (nSPS) is 10.6. The van der Waals surface area contributed by atoms with E-state index in [1.165, 1.54) is 18.4 Å². The third kappa shape index (κ3) is 3.22. The van der Waals surface area contributed by atoms with Crippen LogP contribution in [0.3, 0.4) is 0 Å². The molecule has 2 N–H and O–H groups in total. The number of carbonyl (C=O) groups is 1. The van der Waals surface area contributed by atoms with Crippen molar-refractivity contribution in [3.8, 4) is 5.75 Å². The highest BCUT2D eigenvalue weighted by molar-refractivity contribution is 6.02. The van der Waals surface area contributed by atoms with Crippen molar-refractivity contribution >= 4 is 23.4 Å². The van der Waals surface area contributed by atoms with Gasteiger partial charge in [-0.1, -0.05) is 0 Å². The molecule has 0 atom stereocenters. The predicted octanol–water partition coefficient (Wildman–Crippen LogP) is 2.55. The third-order valence-corrected chi connectivity index (χ3v) is 2.39. The molecule has 0 bridgehead atoms. The van der Waals surface area contributed by atoms with Crippen LogP contribution in [0.5, 0.6) is 5.75 Å². The summed E-state index contributed by atoms with van der Waals surface area (Å²) < 4.78 is 5.00. The molecule has 0 saturated carbocycles. The number of benzene rings is 1. The van der Waals surface area contributed by atoms with Crippen molar-refractivity contribution < 1.29 is 19.2 Å². The van der Waals surface area contributed by atoms with Gasteiger partial charge in [-0.3, -0.25) is 14.9 Å². The summed E-state index contributed by atoms with van der Waals surface area (Å²) in [6.45, 7) is 0. The summed E-state index contributed by atoms with van der Waals surface area (Å²) in [6, 6.07) is 6.69. The number of nitrogens with zero attached hydrogens (tertiary/aromatic N) is 1. The molecule has 7 nitrogen and oxygen atoms in total. The van der Waals surface area contributed by atoms with Crippen molar-refractivity contribution in [3.05, 3.63) is 58.5 Å². The molecule has 7 heteroatoms. The van der Waals surface area contributed by atoms with Crippen molar-refractivity contribution in [2.75, 3.05) is 5.32 Å². The zero-order valence-electron chi connectivity index (χ0n) is 10.1. The molecule has 0 unspecified atom stereocenters. The van der Waals surface area contributed by atoms with Gasteiger partial charge < -0.3 is 14.8 Å². The Morgan fingerprint density at radius 2 is 2.20 bits per heavy atom. The van der Waals surface area contributed by atoms with E-state index in [1.54, 1.807) is 12.1 Å². The number of non-ortho nitro benzene ring substituents is 1. The topological polar surface area (TPSA) is 106 Å². The smallest absolute Gasteiger partial charge is 0.271 e. The van der Waals surface area contributed by atoms with Gasteiger partial charge in [0.1, 0.15) is 11.5 Å². The lowest BCUT2D eigenvalue weighted by molar-refractivity contribution is -0.384. The fraction of sp³-hybridized carbons (Fsp3) is 0. The molecule has 0 aliphatic heterocycles. The first kappa shape index (κ1) is 13.3. The molecule has 1 amide bonds. The van der Waals surface area contributed by atoms with Crippen molar-refractivity contribution in [1.29, 1.82) is 0 Å². The molecular formula is C13H10N2O5. The number of phenolic OH excluding ortho intramolecular Hbond substituents is 1. The van der Waals surface area contributed by atoms with Crippen LogP contribution in [0.4, 0.5) is 11.4 Å². The van der Waals surface area contributed by atoms with E-state index >= 15 is 0 Å². The quantitative estimate of drug-likeness (QED) is 0.385. The van der Waals surface area contributed by atoms with Crippen molar-refractivity contribution in [2.45, 2.75) is 0 Å². The van der Waals surface area contributed by atoms with Gasteiger partial charge in [-0.05, 0) is 24.3 Å². The van der Waals surface area contributed by atoms with E-state index in [-0.39, 0.29) is 17.1 Å². The van der Waals surface area contributed by atoms with Gasteiger partial charge in [0.2, 0.25) is 5.91 Å². The van der Waals surface area contributed by atoms with E-state index in [0.717, 1.165) is 18.2 Å². The van der Waals surface area contributed by atoms with E-state index in [4.69, 9.17) is 4.42 Å². The number of amides is 1. The van der Waals surface area contributed by atoms with Crippen LogP contribution in [0.25, 0.3) is 6.08 Å². The lowest BCUT2D eigenvalue weighted by Crippen LogP contribution is -2.08. The maximum Gasteiger partial charge on any atom is 0.271 e. The van der Waals surface area contributed by atoms with Gasteiger partial charge >= 0.3 is 0 Å². The highest BCUT2D eigenvalue weighted by atomic mass is 16.6. The molecule has 102 valence electrons. The molecule has 0 radical (unpaired) electrons. The number of nitro benzene ring substituents is 1. The number of nitrogens with one attached hydrogen (secondary N) is 1. The summed E-state index contributed by atoms with van der Waals surface area (Å²) in [4.78, 5) is 21.6. The van der Waals surface area contributed by atoms with Gasteiger partial charge in [-0.2, -0.15) is 0 Å². The number of furan rings is 1. The Morgan fingerprint density at radius 3 is 2.85 bits per heavy atom. The van der Waals surface area contributed by atoms with Crippen LogP contribution in [-0.4, -0.2) is 15.9 Å². The first-order chi connectivity index (χ1) is 9.56. The Kier molecular flexibility index (Phi) is 3.80. The summed E-state index contributed by atoms with van der Waals surface area (Å²) in [5, 5.41) is 22.5. The average Bonchev–Trinajstić information content (AvgIpc) is 2.92. The van der Waals surface area contributed by atoms with Crippen LogP contribution in [-0.2, 0) is 4.79 Å². The molecule has 1 aromatic heterocycles. The Morgan fingerprint density at radius 1 is 1.40 bits per heavy atom. The summed E-state index contributed by atoms with van der Waals surface area (Å²) >= 11 is 0. The maximum atomic E-state index is 11.6. The number of hydrogen-bond acceptors (Lipinski definition) is 5.